The van der Waals surface area contributed by atoms with Crippen molar-refractivity contribution in [3.63, 3.8) is 0 Å². The molecule has 1 unspecified atom stereocenters. The van der Waals surface area contributed by atoms with Crippen LogP contribution in [0.25, 0.3) is 0 Å². The lowest BCUT2D eigenvalue weighted by atomic mass is 9.81. The summed E-state index contributed by atoms with van der Waals surface area (Å²) in [6.07, 6.45) is 5.16. The first kappa shape index (κ1) is 8.97. The van der Waals surface area contributed by atoms with E-state index in [1.807, 2.05) is 0 Å². The zero-order valence-corrected chi connectivity index (χ0v) is 7.53. The van der Waals surface area contributed by atoms with Crippen LogP contribution in [0, 0.1) is 0 Å². The van der Waals surface area contributed by atoms with Crippen LogP contribution in [0.5, 0.6) is 0 Å². The van der Waals surface area contributed by atoms with Gasteiger partial charge in [-0.2, -0.15) is 0 Å². The molecule has 0 radical (unpaired) electrons. The number of carbonyl (C=O) groups is 1. The summed E-state index contributed by atoms with van der Waals surface area (Å²) >= 11 is 0. The van der Waals surface area contributed by atoms with Gasteiger partial charge in [-0.1, -0.05) is 19.3 Å². The van der Waals surface area contributed by atoms with Crippen LogP contribution in [-0.4, -0.2) is 24.8 Å². The minimum Gasteiger partial charge on any atom is -0.459 e. The summed E-state index contributed by atoms with van der Waals surface area (Å²) in [6.45, 7) is 0.859. The molecule has 2 aliphatic rings. The van der Waals surface area contributed by atoms with Gasteiger partial charge in [0.05, 0.1) is 0 Å². The molecule has 74 valence electrons. The lowest BCUT2D eigenvalue weighted by molar-refractivity contribution is -0.317. The molecule has 0 amide bonds. The Balaban J connectivity index is 2.04. The Bertz CT molecular complexity index is 186. The van der Waals surface area contributed by atoms with Crippen LogP contribution < -0.4 is 0 Å². The fourth-order valence-corrected chi connectivity index (χ4v) is 2.20. The van der Waals surface area contributed by atoms with Crippen molar-refractivity contribution in [1.82, 2.24) is 0 Å². The highest BCUT2D eigenvalue weighted by Gasteiger charge is 2.48. The largest absolute Gasteiger partial charge is 0.459 e. The van der Waals surface area contributed by atoms with E-state index >= 15 is 0 Å². The first-order valence-electron chi connectivity index (χ1n) is 4.77. The molecule has 4 heteroatoms. The van der Waals surface area contributed by atoms with E-state index in [-0.39, 0.29) is 11.7 Å². The third-order valence-corrected chi connectivity index (χ3v) is 2.95. The van der Waals surface area contributed by atoms with Crippen LogP contribution in [0.2, 0.25) is 0 Å². The van der Waals surface area contributed by atoms with Gasteiger partial charge in [-0.05, 0) is 12.8 Å². The Morgan fingerprint density at radius 2 is 2.08 bits per heavy atom. The molecule has 0 aromatic carbocycles. The topological polar surface area (TPSA) is 44.8 Å². The molecular weight excluding hydrogens is 172 g/mol. The molecular formula is C9H14O4. The third-order valence-electron chi connectivity index (χ3n) is 2.95. The van der Waals surface area contributed by atoms with Gasteiger partial charge in [0.15, 0.2) is 6.10 Å². The number of hydrogen-bond donors (Lipinski definition) is 0. The van der Waals surface area contributed by atoms with Gasteiger partial charge in [0.1, 0.15) is 12.2 Å². The maximum absolute atomic E-state index is 10.3. The minimum atomic E-state index is -0.334. The molecule has 1 saturated carbocycles. The average Bonchev–Trinajstić information content (AvgIpc) is 2.52. The van der Waals surface area contributed by atoms with Crippen molar-refractivity contribution in [2.45, 2.75) is 43.8 Å². The second kappa shape index (κ2) is 3.64. The highest BCUT2D eigenvalue weighted by atomic mass is 17.2. The molecule has 1 atom stereocenters. The van der Waals surface area contributed by atoms with E-state index in [0.29, 0.717) is 13.1 Å². The monoisotopic (exact) mass is 186 g/mol. The lowest BCUT2D eigenvalue weighted by Crippen LogP contribution is -2.43. The molecule has 0 bridgehead atoms. The van der Waals surface area contributed by atoms with E-state index in [1.54, 1.807) is 0 Å². The van der Waals surface area contributed by atoms with Crippen molar-refractivity contribution in [2.24, 2.45) is 0 Å². The molecule has 13 heavy (non-hydrogen) atoms. The van der Waals surface area contributed by atoms with Crippen molar-refractivity contribution >= 4 is 6.47 Å². The molecule has 1 aliphatic heterocycles. The zero-order valence-electron chi connectivity index (χ0n) is 7.53. The summed E-state index contributed by atoms with van der Waals surface area (Å²) in [6, 6.07) is 0. The Hall–Kier alpha value is -0.610. The Kier molecular flexibility index (Phi) is 2.51. The van der Waals surface area contributed by atoms with Gasteiger partial charge in [-0.15, -0.1) is 0 Å². The molecule has 1 saturated heterocycles. The predicted octanol–water partition coefficient (Wildman–Crippen LogP) is 1.19. The second-order valence-corrected chi connectivity index (χ2v) is 3.71. The number of hydrogen-bond acceptors (Lipinski definition) is 4. The fraction of sp³-hybridized carbons (Fsp3) is 0.889. The number of ether oxygens (including phenoxy) is 1. The van der Waals surface area contributed by atoms with Gasteiger partial charge in [0.2, 0.25) is 0 Å². The van der Waals surface area contributed by atoms with Gasteiger partial charge in [-0.25, -0.2) is 9.78 Å². The Morgan fingerprint density at radius 1 is 1.31 bits per heavy atom. The molecule has 1 spiro atoms. The zero-order chi connectivity index (χ0) is 9.15. The summed E-state index contributed by atoms with van der Waals surface area (Å²) in [4.78, 5) is 20.4. The van der Waals surface area contributed by atoms with Crippen LogP contribution in [0.4, 0.5) is 0 Å². The average molecular weight is 186 g/mol. The molecule has 4 nitrogen and oxygen atoms in total. The van der Waals surface area contributed by atoms with Gasteiger partial charge >= 0.3 is 0 Å². The Morgan fingerprint density at radius 3 is 2.77 bits per heavy atom. The van der Waals surface area contributed by atoms with Crippen LogP contribution in [-0.2, 0) is 19.3 Å². The lowest BCUT2D eigenvalue weighted by Gasteiger charge is -2.33. The summed E-state index contributed by atoms with van der Waals surface area (Å²) in [5.41, 5.74) is -0.334. The van der Waals surface area contributed by atoms with Crippen LogP contribution in [0.3, 0.4) is 0 Å². The number of rotatable bonds is 2. The number of carbonyl (C=O) groups excluding carboxylic acids is 1. The molecule has 1 aliphatic carbocycles. The second-order valence-electron chi connectivity index (χ2n) is 3.71. The van der Waals surface area contributed by atoms with Crippen molar-refractivity contribution in [3.8, 4) is 0 Å². The SMILES string of the molecule is O=COC1COOC12CCCCC2. The van der Waals surface area contributed by atoms with E-state index in [4.69, 9.17) is 14.5 Å². The first-order chi connectivity index (χ1) is 6.37. The van der Waals surface area contributed by atoms with Crippen LogP contribution in [0.15, 0.2) is 0 Å². The van der Waals surface area contributed by atoms with Crippen molar-refractivity contribution in [3.05, 3.63) is 0 Å². The van der Waals surface area contributed by atoms with Crippen LogP contribution in [0.1, 0.15) is 32.1 Å². The molecule has 1 heterocycles. The van der Waals surface area contributed by atoms with Gasteiger partial charge < -0.3 is 4.74 Å². The molecule has 0 N–H and O–H groups in total. The normalized spacial score (nSPS) is 31.8. The molecule has 2 fully saturated rings. The summed E-state index contributed by atoms with van der Waals surface area (Å²) < 4.78 is 4.97. The van der Waals surface area contributed by atoms with Crippen molar-refractivity contribution in [2.75, 3.05) is 6.61 Å². The van der Waals surface area contributed by atoms with Gasteiger partial charge in [0, 0.05) is 0 Å². The van der Waals surface area contributed by atoms with E-state index in [1.165, 1.54) is 6.42 Å². The summed E-state index contributed by atoms with van der Waals surface area (Å²) in [7, 11) is 0. The van der Waals surface area contributed by atoms with Crippen molar-refractivity contribution < 1.29 is 19.3 Å². The first-order valence-corrected chi connectivity index (χ1v) is 4.77. The summed E-state index contributed by atoms with van der Waals surface area (Å²) in [5.74, 6) is 0. The highest BCUT2D eigenvalue weighted by molar-refractivity contribution is 5.38. The standard InChI is InChI=1S/C9H14O4/c10-7-11-8-6-12-13-9(8)4-2-1-3-5-9/h7-8H,1-6H2. The van der Waals surface area contributed by atoms with Crippen molar-refractivity contribution in [1.29, 1.82) is 0 Å². The smallest absolute Gasteiger partial charge is 0.293 e. The molecule has 0 aromatic rings. The van der Waals surface area contributed by atoms with E-state index in [0.717, 1.165) is 25.7 Å². The van der Waals surface area contributed by atoms with Gasteiger partial charge in [0.25, 0.3) is 6.47 Å². The Labute approximate surface area is 77.1 Å². The molecule has 2 rings (SSSR count). The predicted molar refractivity (Wildman–Crippen MR) is 43.8 cm³/mol. The highest BCUT2D eigenvalue weighted by Crippen LogP contribution is 2.39. The maximum Gasteiger partial charge on any atom is 0.293 e. The van der Waals surface area contributed by atoms with E-state index in [2.05, 4.69) is 0 Å². The fourth-order valence-electron chi connectivity index (χ4n) is 2.20. The van der Waals surface area contributed by atoms with Crippen LogP contribution >= 0.6 is 0 Å². The van der Waals surface area contributed by atoms with E-state index < -0.39 is 0 Å². The quantitative estimate of drug-likeness (QED) is 0.480. The minimum absolute atomic E-state index is 0.203. The van der Waals surface area contributed by atoms with Gasteiger partial charge in [-0.3, -0.25) is 4.79 Å². The maximum atomic E-state index is 10.3. The molecule has 0 aromatic heterocycles. The summed E-state index contributed by atoms with van der Waals surface area (Å²) in [5, 5.41) is 0. The van der Waals surface area contributed by atoms with E-state index in [9.17, 15) is 4.79 Å². The third kappa shape index (κ3) is 1.56.